The summed E-state index contributed by atoms with van der Waals surface area (Å²) in [4.78, 5) is 20.5. The van der Waals surface area contributed by atoms with Gasteiger partial charge in [-0.05, 0) is 44.3 Å². The Morgan fingerprint density at radius 2 is 2.07 bits per heavy atom. The molecule has 1 saturated heterocycles. The number of benzene rings is 1. The molecule has 0 unspecified atom stereocenters. The smallest absolute Gasteiger partial charge is 0.219 e. The number of hydrogen-bond donors (Lipinski definition) is 1. The van der Waals surface area contributed by atoms with Crippen LogP contribution in [0.25, 0.3) is 10.9 Å². The predicted octanol–water partition coefficient (Wildman–Crippen LogP) is 2.95. The number of rotatable bonds is 3. The molecule has 1 aliphatic rings. The summed E-state index contributed by atoms with van der Waals surface area (Å²) in [6.45, 7) is 11.8. The van der Waals surface area contributed by atoms with Crippen molar-refractivity contribution in [2.45, 2.75) is 26.8 Å². The number of aliphatic imine (C=N–C) groups is 1. The van der Waals surface area contributed by atoms with Crippen LogP contribution in [0, 0.1) is 0 Å². The van der Waals surface area contributed by atoms with Gasteiger partial charge in [0.25, 0.3) is 0 Å². The van der Waals surface area contributed by atoms with Crippen LogP contribution in [0.1, 0.15) is 20.8 Å². The summed E-state index contributed by atoms with van der Waals surface area (Å²) in [5, 5.41) is 1.15. The van der Waals surface area contributed by atoms with Crippen LogP contribution < -0.4 is 10.6 Å². The third-order valence-corrected chi connectivity index (χ3v) is 4.89. The lowest BCUT2D eigenvalue weighted by molar-refractivity contribution is -0.129. The zero-order chi connectivity index (χ0) is 19.6. The van der Waals surface area contributed by atoms with E-state index in [0.29, 0.717) is 0 Å². The van der Waals surface area contributed by atoms with E-state index in [9.17, 15) is 4.79 Å². The van der Waals surface area contributed by atoms with Crippen LogP contribution in [0.3, 0.4) is 0 Å². The Bertz CT molecular complexity index is 924. The molecule has 2 heterocycles. The van der Waals surface area contributed by atoms with Gasteiger partial charge >= 0.3 is 0 Å². The number of anilines is 1. The molecule has 0 spiro atoms. The van der Waals surface area contributed by atoms with E-state index in [1.807, 2.05) is 22.6 Å². The number of carbonyl (C=O) groups is 1. The number of amides is 1. The van der Waals surface area contributed by atoms with Gasteiger partial charge < -0.3 is 20.1 Å². The van der Waals surface area contributed by atoms with Crippen LogP contribution in [0.15, 0.2) is 60.0 Å². The lowest BCUT2D eigenvalue weighted by atomic mass is 10.1. The van der Waals surface area contributed by atoms with E-state index in [2.05, 4.69) is 47.7 Å². The first-order valence-electron chi connectivity index (χ1n) is 9.17. The topological polar surface area (TPSA) is 66.9 Å². The largest absolute Gasteiger partial charge is 0.404 e. The van der Waals surface area contributed by atoms with E-state index in [4.69, 9.17) is 5.73 Å². The van der Waals surface area contributed by atoms with Crippen molar-refractivity contribution >= 4 is 28.3 Å². The molecular formula is C21H27N5O. The van der Waals surface area contributed by atoms with Gasteiger partial charge in [-0.25, -0.2) is 4.99 Å². The van der Waals surface area contributed by atoms with E-state index in [1.54, 1.807) is 13.0 Å². The summed E-state index contributed by atoms with van der Waals surface area (Å²) in [6.07, 6.45) is 5.27. The van der Waals surface area contributed by atoms with Crippen LogP contribution >= 0.6 is 0 Å². The van der Waals surface area contributed by atoms with E-state index in [1.165, 1.54) is 11.9 Å². The highest BCUT2D eigenvalue weighted by Crippen LogP contribution is 2.30. The molecule has 1 amide bonds. The zero-order valence-electron chi connectivity index (χ0n) is 16.2. The van der Waals surface area contributed by atoms with Gasteiger partial charge in [-0.1, -0.05) is 12.6 Å². The van der Waals surface area contributed by atoms with E-state index in [0.717, 1.165) is 42.1 Å². The normalized spacial score (nSPS) is 18.5. The average Bonchev–Trinajstić information content (AvgIpc) is 3.05. The molecule has 1 atom stereocenters. The van der Waals surface area contributed by atoms with Crippen LogP contribution in [0.4, 0.5) is 5.69 Å². The molecule has 1 fully saturated rings. The van der Waals surface area contributed by atoms with Crippen molar-refractivity contribution in [1.29, 1.82) is 0 Å². The fourth-order valence-corrected chi connectivity index (χ4v) is 3.66. The van der Waals surface area contributed by atoms with E-state index >= 15 is 0 Å². The first kappa shape index (κ1) is 18.8. The van der Waals surface area contributed by atoms with Gasteiger partial charge in [-0.2, -0.15) is 0 Å². The van der Waals surface area contributed by atoms with Crippen LogP contribution in [-0.4, -0.2) is 46.9 Å². The van der Waals surface area contributed by atoms with Crippen molar-refractivity contribution in [3.8, 4) is 0 Å². The minimum Gasteiger partial charge on any atom is -0.404 e. The molecule has 2 aromatic rings. The minimum atomic E-state index is 0.139. The number of nitrogens with two attached hydrogens (primary N) is 1. The maximum Gasteiger partial charge on any atom is 0.219 e. The fraction of sp³-hybridized carbons (Fsp3) is 0.333. The second kappa shape index (κ2) is 7.70. The molecule has 6 heteroatoms. The lowest BCUT2D eigenvalue weighted by Gasteiger charge is -2.41. The van der Waals surface area contributed by atoms with Crippen LogP contribution in [0.5, 0.6) is 0 Å². The molecule has 2 N–H and O–H groups in total. The molecule has 0 bridgehead atoms. The quantitative estimate of drug-likeness (QED) is 0.672. The summed E-state index contributed by atoms with van der Waals surface area (Å²) >= 11 is 0. The molecule has 6 nitrogen and oxygen atoms in total. The highest BCUT2D eigenvalue weighted by atomic mass is 16.2. The van der Waals surface area contributed by atoms with Crippen molar-refractivity contribution in [3.05, 3.63) is 55.0 Å². The van der Waals surface area contributed by atoms with E-state index in [-0.39, 0.29) is 11.9 Å². The number of fused-ring (bicyclic) bond motifs is 1. The Balaban J connectivity index is 2.01. The van der Waals surface area contributed by atoms with Gasteiger partial charge in [0, 0.05) is 55.6 Å². The highest BCUT2D eigenvalue weighted by Gasteiger charge is 2.26. The summed E-state index contributed by atoms with van der Waals surface area (Å²) in [5.41, 5.74) is 8.57. The van der Waals surface area contributed by atoms with Gasteiger partial charge in [-0.3, -0.25) is 4.79 Å². The number of hydrogen-bond acceptors (Lipinski definition) is 4. The van der Waals surface area contributed by atoms with Gasteiger partial charge in [0.2, 0.25) is 5.91 Å². The molecule has 0 radical (unpaired) electrons. The molecular weight excluding hydrogens is 338 g/mol. The van der Waals surface area contributed by atoms with Crippen molar-refractivity contribution < 1.29 is 4.79 Å². The summed E-state index contributed by atoms with van der Waals surface area (Å²) in [7, 11) is 0. The van der Waals surface area contributed by atoms with Crippen LogP contribution in [-0.2, 0) is 4.79 Å². The second-order valence-electron chi connectivity index (χ2n) is 6.97. The molecule has 1 aromatic heterocycles. The van der Waals surface area contributed by atoms with Gasteiger partial charge in [0.15, 0.2) is 0 Å². The zero-order valence-corrected chi connectivity index (χ0v) is 16.2. The number of nitrogens with zero attached hydrogens (tertiary/aromatic N) is 4. The maximum absolute atomic E-state index is 11.7. The fourth-order valence-electron chi connectivity index (χ4n) is 3.66. The Labute approximate surface area is 160 Å². The summed E-state index contributed by atoms with van der Waals surface area (Å²) in [6, 6.07) is 8.63. The monoisotopic (exact) mass is 365 g/mol. The molecule has 27 heavy (non-hydrogen) atoms. The number of allylic oxidation sites excluding steroid dienone is 2. The molecule has 142 valence electrons. The number of carbonyl (C=O) groups excluding carboxylic acids is 1. The molecule has 0 saturated carbocycles. The van der Waals surface area contributed by atoms with Gasteiger partial charge in [0.1, 0.15) is 5.84 Å². The van der Waals surface area contributed by atoms with Crippen molar-refractivity contribution in [2.24, 2.45) is 10.7 Å². The molecule has 1 aromatic carbocycles. The second-order valence-corrected chi connectivity index (χ2v) is 6.97. The first-order valence-corrected chi connectivity index (χ1v) is 9.17. The third kappa shape index (κ3) is 3.74. The maximum atomic E-state index is 11.7. The Morgan fingerprint density at radius 3 is 2.70 bits per heavy atom. The Hall–Kier alpha value is -3.02. The highest BCUT2D eigenvalue weighted by molar-refractivity contribution is 6.04. The van der Waals surface area contributed by atoms with E-state index < -0.39 is 0 Å². The summed E-state index contributed by atoms with van der Waals surface area (Å²) in [5.74, 6) is 0.867. The van der Waals surface area contributed by atoms with Crippen molar-refractivity contribution in [1.82, 2.24) is 9.47 Å². The van der Waals surface area contributed by atoms with Crippen molar-refractivity contribution in [3.63, 3.8) is 0 Å². The standard InChI is InChI=1S/C21H27N5O/c1-15(2)23-21(8-10-22)26-11-9-18-19(6-5-7-20(18)26)25-13-12-24(17(4)27)14-16(25)3/h5-11,16H,1,12-14,22H2,2-4H3/b10-8-,23-21?/t16-/m1/s1. The number of aromatic nitrogens is 1. The minimum absolute atomic E-state index is 0.139. The lowest BCUT2D eigenvalue weighted by Crippen LogP contribution is -2.53. The Kier molecular flexibility index (Phi) is 5.35. The SMILES string of the molecule is C=C(C)N=C(/C=C\N)n1ccc2c(N3CCN(C(C)=O)C[C@H]3C)cccc21. The molecule has 1 aliphatic heterocycles. The van der Waals surface area contributed by atoms with Crippen LogP contribution in [0.2, 0.25) is 0 Å². The molecule has 3 rings (SSSR count). The summed E-state index contributed by atoms with van der Waals surface area (Å²) < 4.78 is 2.02. The van der Waals surface area contributed by atoms with Crippen molar-refractivity contribution in [2.75, 3.05) is 24.5 Å². The Morgan fingerprint density at radius 1 is 1.30 bits per heavy atom. The third-order valence-electron chi connectivity index (χ3n) is 4.89. The van der Waals surface area contributed by atoms with Gasteiger partial charge in [0.05, 0.1) is 5.52 Å². The average molecular weight is 365 g/mol. The van der Waals surface area contributed by atoms with Gasteiger partial charge in [-0.15, -0.1) is 0 Å². The molecule has 0 aliphatic carbocycles. The predicted molar refractivity (Wildman–Crippen MR) is 112 cm³/mol. The first-order chi connectivity index (χ1) is 12.9. The number of piperazine rings is 1.